The van der Waals surface area contributed by atoms with Crippen molar-refractivity contribution in [3.63, 3.8) is 0 Å². The van der Waals surface area contributed by atoms with E-state index in [2.05, 4.69) is 5.32 Å². The molecule has 0 saturated carbocycles. The predicted octanol–water partition coefficient (Wildman–Crippen LogP) is 0.523. The number of benzene rings is 1. The molecule has 0 radical (unpaired) electrons. The van der Waals surface area contributed by atoms with Crippen LogP contribution in [0.15, 0.2) is 30.3 Å². The fourth-order valence-electron chi connectivity index (χ4n) is 2.24. The lowest BCUT2D eigenvalue weighted by Gasteiger charge is -2.30. The Bertz CT molecular complexity index is 583. The molecule has 1 atom stereocenters. The molecule has 6 heteroatoms. The quantitative estimate of drug-likeness (QED) is 0.647. The third-order valence-corrected chi connectivity index (χ3v) is 3.29. The van der Waals surface area contributed by atoms with Crippen LogP contribution in [-0.4, -0.2) is 41.0 Å². The van der Waals surface area contributed by atoms with Crippen LogP contribution in [0, 0.1) is 0 Å². The van der Waals surface area contributed by atoms with E-state index in [1.54, 1.807) is 30.3 Å². The first-order valence-electron chi connectivity index (χ1n) is 6.68. The Kier molecular flexibility index (Phi) is 4.47. The lowest BCUT2D eigenvalue weighted by Crippen LogP contribution is -2.55. The number of nitrogens with one attached hydrogen (secondary N) is 1. The van der Waals surface area contributed by atoms with E-state index >= 15 is 0 Å². The van der Waals surface area contributed by atoms with Crippen molar-refractivity contribution in [1.82, 2.24) is 10.2 Å². The van der Waals surface area contributed by atoms with E-state index in [1.807, 2.05) is 0 Å². The number of likely N-dealkylation sites (tertiary alicyclic amines) is 1. The Morgan fingerprint density at radius 2 is 1.90 bits per heavy atom. The summed E-state index contributed by atoms with van der Waals surface area (Å²) in [5.41, 5.74) is 0.444. The molecule has 1 aliphatic heterocycles. The summed E-state index contributed by atoms with van der Waals surface area (Å²) < 4.78 is 0. The van der Waals surface area contributed by atoms with E-state index in [0.29, 0.717) is 5.56 Å². The maximum absolute atomic E-state index is 12.2. The first-order valence-corrected chi connectivity index (χ1v) is 6.68. The first kappa shape index (κ1) is 14.9. The van der Waals surface area contributed by atoms with Crippen molar-refractivity contribution in [3.05, 3.63) is 35.9 Å². The first-order chi connectivity index (χ1) is 9.99. The molecule has 0 aliphatic carbocycles. The van der Waals surface area contributed by atoms with Crippen molar-refractivity contribution < 1.29 is 19.2 Å². The molecule has 1 fully saturated rings. The third kappa shape index (κ3) is 3.53. The largest absolute Gasteiger partial charge is 0.345 e. The number of imide groups is 1. The Balaban J connectivity index is 2.10. The van der Waals surface area contributed by atoms with Crippen LogP contribution in [0.5, 0.6) is 0 Å². The number of hydrogen-bond donors (Lipinski definition) is 1. The number of amides is 3. The molecule has 0 bridgehead atoms. The van der Waals surface area contributed by atoms with Gasteiger partial charge in [0, 0.05) is 18.9 Å². The zero-order valence-electron chi connectivity index (χ0n) is 11.7. The Morgan fingerprint density at radius 1 is 1.24 bits per heavy atom. The van der Waals surface area contributed by atoms with Crippen LogP contribution in [0.3, 0.4) is 0 Å². The summed E-state index contributed by atoms with van der Waals surface area (Å²) >= 11 is 0. The topological polar surface area (TPSA) is 83.6 Å². The summed E-state index contributed by atoms with van der Waals surface area (Å²) in [7, 11) is 0. The molecule has 6 nitrogen and oxygen atoms in total. The van der Waals surface area contributed by atoms with Gasteiger partial charge in [-0.3, -0.25) is 24.1 Å². The monoisotopic (exact) mass is 288 g/mol. The molecular formula is C15H16N2O4. The van der Waals surface area contributed by atoms with Gasteiger partial charge in [-0.05, 0) is 6.42 Å². The average molecular weight is 288 g/mol. The number of ketones is 1. The van der Waals surface area contributed by atoms with E-state index in [-0.39, 0.29) is 37.0 Å². The Labute approximate surface area is 122 Å². The summed E-state index contributed by atoms with van der Waals surface area (Å²) in [6.45, 7) is 1.01. The van der Waals surface area contributed by atoms with Gasteiger partial charge in [0.2, 0.25) is 11.8 Å². The van der Waals surface area contributed by atoms with Gasteiger partial charge in [-0.25, -0.2) is 0 Å². The number of piperidine rings is 1. The second-order valence-electron chi connectivity index (χ2n) is 4.90. The molecule has 1 N–H and O–H groups in total. The average Bonchev–Trinajstić information content (AvgIpc) is 2.47. The van der Waals surface area contributed by atoms with E-state index in [0.717, 1.165) is 4.90 Å². The van der Waals surface area contributed by atoms with Gasteiger partial charge >= 0.3 is 0 Å². The molecule has 2 rings (SSSR count). The third-order valence-electron chi connectivity index (χ3n) is 3.29. The highest BCUT2D eigenvalue weighted by atomic mass is 16.2. The minimum atomic E-state index is -0.733. The van der Waals surface area contributed by atoms with Crippen molar-refractivity contribution in [1.29, 1.82) is 0 Å². The fraction of sp³-hybridized carbons (Fsp3) is 0.333. The molecule has 0 aromatic heterocycles. The number of Topliss-reactive ketones (excluding diaryl/α,β-unsaturated/α-hetero) is 1. The molecule has 1 heterocycles. The Hall–Kier alpha value is -2.50. The smallest absolute Gasteiger partial charge is 0.252 e. The highest BCUT2D eigenvalue weighted by molar-refractivity contribution is 6.07. The van der Waals surface area contributed by atoms with Gasteiger partial charge in [-0.15, -0.1) is 0 Å². The van der Waals surface area contributed by atoms with Crippen LogP contribution >= 0.6 is 0 Å². The Morgan fingerprint density at radius 3 is 2.52 bits per heavy atom. The van der Waals surface area contributed by atoms with Crippen LogP contribution in [0.1, 0.15) is 30.1 Å². The lowest BCUT2D eigenvalue weighted by molar-refractivity contribution is -0.150. The molecule has 1 aromatic rings. The highest BCUT2D eigenvalue weighted by Gasteiger charge is 2.35. The molecule has 3 amide bonds. The molecule has 21 heavy (non-hydrogen) atoms. The van der Waals surface area contributed by atoms with Crippen molar-refractivity contribution in [2.45, 2.75) is 25.8 Å². The van der Waals surface area contributed by atoms with Gasteiger partial charge in [0.05, 0.1) is 6.54 Å². The number of hydrogen-bond acceptors (Lipinski definition) is 4. The van der Waals surface area contributed by atoms with Crippen LogP contribution in [-0.2, 0) is 14.4 Å². The zero-order valence-corrected chi connectivity index (χ0v) is 11.7. The number of carbonyl (C=O) groups excluding carboxylic acids is 4. The van der Waals surface area contributed by atoms with Gasteiger partial charge < -0.3 is 5.32 Å². The van der Waals surface area contributed by atoms with Crippen molar-refractivity contribution >= 4 is 23.5 Å². The number of carbonyl (C=O) groups is 4. The van der Waals surface area contributed by atoms with Crippen molar-refractivity contribution in [2.24, 2.45) is 0 Å². The van der Waals surface area contributed by atoms with E-state index < -0.39 is 11.9 Å². The maximum Gasteiger partial charge on any atom is 0.252 e. The van der Waals surface area contributed by atoms with E-state index in [9.17, 15) is 19.2 Å². The molecular weight excluding hydrogens is 272 g/mol. The van der Waals surface area contributed by atoms with Crippen LogP contribution in [0.25, 0.3) is 0 Å². The molecule has 1 aromatic carbocycles. The molecule has 110 valence electrons. The molecule has 0 spiro atoms. The van der Waals surface area contributed by atoms with Gasteiger partial charge in [0.25, 0.3) is 5.91 Å². The van der Waals surface area contributed by atoms with E-state index in [4.69, 9.17) is 0 Å². The predicted molar refractivity (Wildman–Crippen MR) is 74.3 cm³/mol. The minimum absolute atomic E-state index is 0.138. The second kappa shape index (κ2) is 6.30. The summed E-state index contributed by atoms with van der Waals surface area (Å²) in [6.07, 6.45) is 0.409. The minimum Gasteiger partial charge on any atom is -0.345 e. The summed E-state index contributed by atoms with van der Waals surface area (Å²) in [5, 5.41) is 2.50. The highest BCUT2D eigenvalue weighted by Crippen LogP contribution is 2.14. The SMILES string of the molecule is CC(=O)N[C@H]1CCC(=O)N(CC(=O)c2ccccc2)C1=O. The standard InChI is InChI=1S/C15H16N2O4/c1-10(18)16-12-7-8-14(20)17(15(12)21)9-13(19)11-5-3-2-4-6-11/h2-6,12H,7-9H2,1H3,(H,16,18)/t12-/m0/s1. The van der Waals surface area contributed by atoms with E-state index in [1.165, 1.54) is 6.92 Å². The number of nitrogens with zero attached hydrogens (tertiary/aromatic N) is 1. The lowest BCUT2D eigenvalue weighted by atomic mass is 10.0. The zero-order chi connectivity index (χ0) is 15.4. The molecule has 1 aliphatic rings. The molecule has 0 unspecified atom stereocenters. The van der Waals surface area contributed by atoms with Crippen LogP contribution in [0.2, 0.25) is 0 Å². The van der Waals surface area contributed by atoms with Crippen LogP contribution < -0.4 is 5.32 Å². The van der Waals surface area contributed by atoms with Crippen molar-refractivity contribution in [3.8, 4) is 0 Å². The fourth-order valence-corrected chi connectivity index (χ4v) is 2.24. The molecule has 1 saturated heterocycles. The summed E-state index contributed by atoms with van der Waals surface area (Å²) in [6, 6.07) is 7.74. The van der Waals surface area contributed by atoms with Crippen molar-refractivity contribution in [2.75, 3.05) is 6.54 Å². The van der Waals surface area contributed by atoms with Gasteiger partial charge in [0.15, 0.2) is 5.78 Å². The normalized spacial score (nSPS) is 18.5. The van der Waals surface area contributed by atoms with Gasteiger partial charge in [0.1, 0.15) is 6.04 Å². The van der Waals surface area contributed by atoms with Gasteiger partial charge in [-0.1, -0.05) is 30.3 Å². The summed E-state index contributed by atoms with van der Waals surface area (Å²) in [4.78, 5) is 48.1. The second-order valence-corrected chi connectivity index (χ2v) is 4.90. The number of rotatable bonds is 4. The van der Waals surface area contributed by atoms with Crippen LogP contribution in [0.4, 0.5) is 0 Å². The maximum atomic E-state index is 12.2. The summed E-state index contributed by atoms with van der Waals surface area (Å²) in [5.74, 6) is -1.55. The van der Waals surface area contributed by atoms with Gasteiger partial charge in [-0.2, -0.15) is 0 Å².